The maximum atomic E-state index is 12.8. The molecule has 0 bridgehead atoms. The molecule has 1 unspecified atom stereocenters. The van der Waals surface area contributed by atoms with Crippen molar-refractivity contribution in [3.05, 3.63) is 0 Å². The zero-order valence-corrected chi connectivity index (χ0v) is 7.43. The summed E-state index contributed by atoms with van der Waals surface area (Å²) in [5.74, 6) is 0. The second-order valence-corrected chi connectivity index (χ2v) is 3.86. The predicted molar refractivity (Wildman–Crippen MR) is 47.0 cm³/mol. The van der Waals surface area contributed by atoms with Gasteiger partial charge in [0.25, 0.3) is 0 Å². The van der Waals surface area contributed by atoms with Crippen molar-refractivity contribution in [1.29, 1.82) is 0 Å². The summed E-state index contributed by atoms with van der Waals surface area (Å²) in [7, 11) is 0. The number of nitrogens with one attached hydrogen (secondary N) is 1. The van der Waals surface area contributed by atoms with Gasteiger partial charge in [-0.15, -0.1) is 0 Å². The maximum Gasteiger partial charge on any atom is 0.103 e. The van der Waals surface area contributed by atoms with Crippen LogP contribution < -0.4 is 5.32 Å². The van der Waals surface area contributed by atoms with Gasteiger partial charge in [-0.05, 0) is 25.8 Å². The predicted octanol–water partition coefficient (Wildman–Crippen LogP) is 0.782. The van der Waals surface area contributed by atoms with Crippen molar-refractivity contribution < 1.29 is 4.39 Å². The van der Waals surface area contributed by atoms with Gasteiger partial charge in [0, 0.05) is 25.7 Å². The Morgan fingerprint density at radius 3 is 2.50 bits per heavy atom. The monoisotopic (exact) mass is 172 g/mol. The Hall–Kier alpha value is -0.150. The smallest absolute Gasteiger partial charge is 0.103 e. The molecule has 0 spiro atoms. The van der Waals surface area contributed by atoms with E-state index in [0.717, 1.165) is 39.0 Å². The van der Waals surface area contributed by atoms with Gasteiger partial charge in [0.1, 0.15) is 6.17 Å². The van der Waals surface area contributed by atoms with Gasteiger partial charge in [0.15, 0.2) is 0 Å². The topological polar surface area (TPSA) is 15.3 Å². The van der Waals surface area contributed by atoms with E-state index in [9.17, 15) is 4.39 Å². The van der Waals surface area contributed by atoms with Crippen LogP contribution in [0.3, 0.4) is 0 Å². The highest BCUT2D eigenvalue weighted by Crippen LogP contribution is 2.18. The number of rotatable bonds is 1. The molecule has 1 N–H and O–H groups in total. The van der Waals surface area contributed by atoms with Gasteiger partial charge in [-0.3, -0.25) is 4.90 Å². The van der Waals surface area contributed by atoms with E-state index in [-0.39, 0.29) is 0 Å². The average molecular weight is 172 g/mol. The maximum absolute atomic E-state index is 12.8. The molecule has 0 aromatic carbocycles. The van der Waals surface area contributed by atoms with E-state index < -0.39 is 6.17 Å². The minimum absolute atomic E-state index is 0.532. The second kappa shape index (κ2) is 3.71. The average Bonchev–Trinajstić information content (AvgIpc) is 2.58. The fourth-order valence-corrected chi connectivity index (χ4v) is 2.18. The van der Waals surface area contributed by atoms with E-state index in [2.05, 4.69) is 10.2 Å². The molecule has 0 radical (unpaired) electrons. The van der Waals surface area contributed by atoms with Crippen molar-refractivity contribution in [2.45, 2.75) is 31.5 Å². The Morgan fingerprint density at radius 1 is 1.17 bits per heavy atom. The van der Waals surface area contributed by atoms with Gasteiger partial charge in [-0.2, -0.15) is 0 Å². The van der Waals surface area contributed by atoms with Crippen LogP contribution >= 0.6 is 0 Å². The first-order chi connectivity index (χ1) is 5.86. The third-order valence-electron chi connectivity index (χ3n) is 3.01. The number of alkyl halides is 1. The van der Waals surface area contributed by atoms with Crippen LogP contribution in [-0.2, 0) is 0 Å². The molecule has 2 fully saturated rings. The van der Waals surface area contributed by atoms with Gasteiger partial charge in [-0.25, -0.2) is 4.39 Å². The van der Waals surface area contributed by atoms with Gasteiger partial charge >= 0.3 is 0 Å². The Morgan fingerprint density at radius 2 is 1.92 bits per heavy atom. The standard InChI is InChI=1S/C9H17FN2/c10-8-2-5-12(6-3-8)9-1-4-11-7-9/h8-9,11H,1-7H2. The Labute approximate surface area is 73.1 Å². The van der Waals surface area contributed by atoms with Crippen molar-refractivity contribution >= 4 is 0 Å². The molecule has 0 amide bonds. The highest BCUT2D eigenvalue weighted by molar-refractivity contribution is 4.83. The summed E-state index contributed by atoms with van der Waals surface area (Å²) in [6, 6.07) is 0.692. The fourth-order valence-electron chi connectivity index (χ4n) is 2.18. The third-order valence-corrected chi connectivity index (χ3v) is 3.01. The largest absolute Gasteiger partial charge is 0.315 e. The van der Waals surface area contributed by atoms with Crippen LogP contribution in [0.25, 0.3) is 0 Å². The molecule has 2 rings (SSSR count). The van der Waals surface area contributed by atoms with Crippen LogP contribution in [0.4, 0.5) is 4.39 Å². The van der Waals surface area contributed by atoms with Gasteiger partial charge < -0.3 is 5.32 Å². The van der Waals surface area contributed by atoms with Gasteiger partial charge in [0.05, 0.1) is 0 Å². The normalized spacial score (nSPS) is 34.2. The lowest BCUT2D eigenvalue weighted by Crippen LogP contribution is -2.42. The minimum Gasteiger partial charge on any atom is -0.315 e. The molecular weight excluding hydrogens is 155 g/mol. The van der Waals surface area contributed by atoms with Gasteiger partial charge in [0.2, 0.25) is 0 Å². The third kappa shape index (κ3) is 1.77. The lowest BCUT2D eigenvalue weighted by atomic mass is 10.1. The molecule has 2 aliphatic heterocycles. The lowest BCUT2D eigenvalue weighted by molar-refractivity contribution is 0.118. The summed E-state index contributed by atoms with van der Waals surface area (Å²) in [4.78, 5) is 2.44. The van der Waals surface area contributed by atoms with Crippen LogP contribution in [0.15, 0.2) is 0 Å². The number of hydrogen-bond donors (Lipinski definition) is 1. The van der Waals surface area contributed by atoms with Crippen molar-refractivity contribution in [2.24, 2.45) is 0 Å². The van der Waals surface area contributed by atoms with E-state index in [0.29, 0.717) is 6.04 Å². The molecule has 12 heavy (non-hydrogen) atoms. The molecule has 2 heterocycles. The van der Waals surface area contributed by atoms with Gasteiger partial charge in [-0.1, -0.05) is 0 Å². The zero-order valence-electron chi connectivity index (χ0n) is 7.43. The fraction of sp³-hybridized carbons (Fsp3) is 1.00. The van der Waals surface area contributed by atoms with E-state index in [1.807, 2.05) is 0 Å². The second-order valence-electron chi connectivity index (χ2n) is 3.86. The molecule has 0 aliphatic carbocycles. The molecule has 1 atom stereocenters. The molecule has 0 aromatic rings. The van der Waals surface area contributed by atoms with E-state index in [1.165, 1.54) is 6.42 Å². The number of likely N-dealkylation sites (tertiary alicyclic amines) is 1. The summed E-state index contributed by atoms with van der Waals surface area (Å²) < 4.78 is 12.8. The van der Waals surface area contributed by atoms with E-state index in [4.69, 9.17) is 0 Å². The molecule has 3 heteroatoms. The summed E-state index contributed by atoms with van der Waals surface area (Å²) in [6.45, 7) is 4.18. The van der Waals surface area contributed by atoms with Crippen molar-refractivity contribution in [2.75, 3.05) is 26.2 Å². The summed E-state index contributed by atoms with van der Waals surface area (Å²) >= 11 is 0. The molecule has 70 valence electrons. The molecule has 2 aliphatic rings. The number of nitrogens with zero attached hydrogens (tertiary/aromatic N) is 1. The first-order valence-corrected chi connectivity index (χ1v) is 4.95. The molecule has 2 saturated heterocycles. The Balaban J connectivity index is 1.80. The molecule has 2 nitrogen and oxygen atoms in total. The summed E-state index contributed by atoms with van der Waals surface area (Å²) in [5, 5.41) is 3.35. The van der Waals surface area contributed by atoms with Crippen LogP contribution in [0, 0.1) is 0 Å². The Kier molecular flexibility index (Phi) is 2.61. The van der Waals surface area contributed by atoms with Crippen LogP contribution in [0.2, 0.25) is 0 Å². The number of hydrogen-bond acceptors (Lipinski definition) is 2. The number of halogens is 1. The zero-order chi connectivity index (χ0) is 8.39. The first kappa shape index (κ1) is 8.45. The summed E-state index contributed by atoms with van der Waals surface area (Å²) in [6.07, 6.45) is 2.21. The van der Waals surface area contributed by atoms with Crippen LogP contribution in [0.1, 0.15) is 19.3 Å². The number of piperidine rings is 1. The SMILES string of the molecule is FC1CCN(C2CCNC2)CC1. The first-order valence-electron chi connectivity index (χ1n) is 4.95. The van der Waals surface area contributed by atoms with Crippen molar-refractivity contribution in [3.63, 3.8) is 0 Å². The van der Waals surface area contributed by atoms with Crippen molar-refractivity contribution in [1.82, 2.24) is 10.2 Å². The summed E-state index contributed by atoms with van der Waals surface area (Å²) in [5.41, 5.74) is 0. The van der Waals surface area contributed by atoms with Crippen molar-refractivity contribution in [3.8, 4) is 0 Å². The molecular formula is C9H17FN2. The highest BCUT2D eigenvalue weighted by Gasteiger charge is 2.26. The Bertz CT molecular complexity index is 137. The van der Waals surface area contributed by atoms with Crippen LogP contribution in [0.5, 0.6) is 0 Å². The molecule has 0 saturated carbocycles. The quantitative estimate of drug-likeness (QED) is 0.629. The minimum atomic E-state index is -0.532. The highest BCUT2D eigenvalue weighted by atomic mass is 19.1. The molecule has 0 aromatic heterocycles. The van der Waals surface area contributed by atoms with Crippen LogP contribution in [-0.4, -0.2) is 43.3 Å². The van der Waals surface area contributed by atoms with E-state index in [1.54, 1.807) is 0 Å². The lowest BCUT2D eigenvalue weighted by Gasteiger charge is -2.33. The van der Waals surface area contributed by atoms with E-state index >= 15 is 0 Å².